The van der Waals surface area contributed by atoms with Gasteiger partial charge in [-0.1, -0.05) is 19.8 Å². The molecule has 0 radical (unpaired) electrons. The van der Waals surface area contributed by atoms with Gasteiger partial charge in [0.05, 0.1) is 12.2 Å². The molecule has 0 saturated heterocycles. The number of rotatable bonds is 4. The molecule has 0 saturated carbocycles. The lowest BCUT2D eigenvalue weighted by Gasteiger charge is -2.19. The number of hydrogen-bond acceptors (Lipinski definition) is 4. The lowest BCUT2D eigenvalue weighted by Crippen LogP contribution is -2.34. The largest absolute Gasteiger partial charge is 0.586 e. The van der Waals surface area contributed by atoms with Gasteiger partial charge in [-0.25, -0.2) is 4.79 Å². The van der Waals surface area contributed by atoms with E-state index in [-0.39, 0.29) is 24.0 Å². The van der Waals surface area contributed by atoms with E-state index >= 15 is 0 Å². The van der Waals surface area contributed by atoms with Gasteiger partial charge in [-0.15, -0.1) is 26.5 Å². The molecule has 1 aliphatic rings. The molecule has 1 aliphatic heterocycles. The van der Waals surface area contributed by atoms with Crippen molar-refractivity contribution in [3.05, 3.63) is 34.1 Å². The van der Waals surface area contributed by atoms with E-state index in [1.54, 1.807) is 16.8 Å². The fraction of sp³-hybridized carbons (Fsp3) is 0.368. The predicted molar refractivity (Wildman–Crippen MR) is 101 cm³/mol. The van der Waals surface area contributed by atoms with Gasteiger partial charge in [0, 0.05) is 23.7 Å². The number of terminal acetylenes is 1. The number of aromatic nitrogens is 1. The molecule has 1 aromatic heterocycles. The first-order valence-corrected chi connectivity index (χ1v) is 9.36. The number of fused-ring (bicyclic) bond motifs is 1. The smallest absolute Gasteiger partial charge is 0.395 e. The van der Waals surface area contributed by atoms with Gasteiger partial charge in [-0.05, 0) is 25.0 Å². The average molecular weight is 407 g/mol. The standard InChI is InChI=1S/C19H19F2N3O3S/c1-5-8-23(10-12(2)3)17(25)22-18-24(11-13(4)28-18)14-6-7-15-16(9-14)27-19(20,21)26-15/h1,6-7,9,11-12H,8,10H2,2-4H3. The van der Waals surface area contributed by atoms with Gasteiger partial charge in [-0.2, -0.15) is 4.99 Å². The number of aryl methyl sites for hydroxylation is 1. The molecule has 3 rings (SSSR count). The van der Waals surface area contributed by atoms with Crippen molar-refractivity contribution in [3.63, 3.8) is 0 Å². The van der Waals surface area contributed by atoms with E-state index in [1.807, 2.05) is 20.8 Å². The quantitative estimate of drug-likeness (QED) is 0.725. The number of hydrogen-bond donors (Lipinski definition) is 0. The Morgan fingerprint density at radius 1 is 1.39 bits per heavy atom. The second kappa shape index (κ2) is 7.64. The minimum atomic E-state index is -3.69. The summed E-state index contributed by atoms with van der Waals surface area (Å²) >= 11 is 1.30. The van der Waals surface area contributed by atoms with E-state index in [1.165, 1.54) is 28.4 Å². The maximum atomic E-state index is 13.3. The second-order valence-corrected chi connectivity index (χ2v) is 7.88. The highest BCUT2D eigenvalue weighted by molar-refractivity contribution is 7.09. The highest BCUT2D eigenvalue weighted by Crippen LogP contribution is 2.41. The Morgan fingerprint density at radius 2 is 2.11 bits per heavy atom. The minimum absolute atomic E-state index is 0.0482. The van der Waals surface area contributed by atoms with Gasteiger partial charge in [0.15, 0.2) is 16.3 Å². The number of alkyl halides is 2. The highest BCUT2D eigenvalue weighted by atomic mass is 32.1. The van der Waals surface area contributed by atoms with Crippen LogP contribution in [-0.2, 0) is 0 Å². The van der Waals surface area contributed by atoms with Crippen LogP contribution in [0.1, 0.15) is 18.7 Å². The van der Waals surface area contributed by atoms with Gasteiger partial charge >= 0.3 is 12.3 Å². The molecule has 2 amide bonds. The number of carbonyl (C=O) groups is 1. The van der Waals surface area contributed by atoms with E-state index < -0.39 is 12.3 Å². The molecule has 1 aromatic carbocycles. The molecule has 0 spiro atoms. The van der Waals surface area contributed by atoms with Crippen LogP contribution in [0.5, 0.6) is 11.5 Å². The molecular formula is C19H19F2N3O3S. The second-order valence-electron chi connectivity index (χ2n) is 6.67. The zero-order valence-electron chi connectivity index (χ0n) is 15.6. The van der Waals surface area contributed by atoms with E-state index in [4.69, 9.17) is 6.42 Å². The van der Waals surface area contributed by atoms with E-state index in [0.29, 0.717) is 17.0 Å². The molecule has 28 heavy (non-hydrogen) atoms. The monoisotopic (exact) mass is 407 g/mol. The van der Waals surface area contributed by atoms with Crippen molar-refractivity contribution in [1.82, 2.24) is 9.47 Å². The Labute approximate surface area is 165 Å². The Bertz CT molecular complexity index is 1000. The Morgan fingerprint density at radius 3 is 2.79 bits per heavy atom. The van der Waals surface area contributed by atoms with Gasteiger partial charge in [-0.3, -0.25) is 4.57 Å². The third-order valence-electron chi connectivity index (χ3n) is 3.76. The third kappa shape index (κ3) is 4.34. The number of amides is 2. The zero-order valence-corrected chi connectivity index (χ0v) is 16.4. The summed E-state index contributed by atoms with van der Waals surface area (Å²) < 4.78 is 37.1. The zero-order chi connectivity index (χ0) is 20.5. The lowest BCUT2D eigenvalue weighted by molar-refractivity contribution is -0.286. The first kappa shape index (κ1) is 19.9. The number of carbonyl (C=O) groups excluding carboxylic acids is 1. The molecule has 0 N–H and O–H groups in total. The van der Waals surface area contributed by atoms with Crippen molar-refractivity contribution in [2.24, 2.45) is 10.9 Å². The van der Waals surface area contributed by atoms with Gasteiger partial charge in [0.25, 0.3) is 0 Å². The molecule has 9 heteroatoms. The van der Waals surface area contributed by atoms with Gasteiger partial charge in [0.1, 0.15) is 0 Å². The third-order valence-corrected chi connectivity index (χ3v) is 4.66. The van der Waals surface area contributed by atoms with Crippen molar-refractivity contribution in [3.8, 4) is 29.5 Å². The van der Waals surface area contributed by atoms with Crippen LogP contribution in [0.2, 0.25) is 0 Å². The van der Waals surface area contributed by atoms with Crippen LogP contribution in [-0.4, -0.2) is 34.9 Å². The molecule has 0 unspecified atom stereocenters. The molecule has 6 nitrogen and oxygen atoms in total. The maximum Gasteiger partial charge on any atom is 0.586 e. The number of halogens is 2. The molecule has 0 atom stereocenters. The first-order valence-electron chi connectivity index (χ1n) is 8.55. The van der Waals surface area contributed by atoms with Crippen molar-refractivity contribution < 1.29 is 23.0 Å². The number of benzene rings is 1. The Balaban J connectivity index is 1.97. The molecule has 148 valence electrons. The number of thiazole rings is 1. The van der Waals surface area contributed by atoms with Crippen molar-refractivity contribution >= 4 is 17.4 Å². The molecule has 0 bridgehead atoms. The number of nitrogens with zero attached hydrogens (tertiary/aromatic N) is 3. The van der Waals surface area contributed by atoms with Crippen molar-refractivity contribution in [2.45, 2.75) is 27.1 Å². The highest BCUT2D eigenvalue weighted by Gasteiger charge is 2.43. The summed E-state index contributed by atoms with van der Waals surface area (Å²) in [6, 6.07) is 3.95. The van der Waals surface area contributed by atoms with Crippen LogP contribution >= 0.6 is 11.3 Å². The average Bonchev–Trinajstić information content (AvgIpc) is 3.10. The normalized spacial score (nSPS) is 15.0. The Kier molecular flexibility index (Phi) is 5.42. The van der Waals surface area contributed by atoms with Crippen molar-refractivity contribution in [1.29, 1.82) is 0 Å². The van der Waals surface area contributed by atoms with Crippen molar-refractivity contribution in [2.75, 3.05) is 13.1 Å². The molecule has 0 fully saturated rings. The number of urea groups is 1. The van der Waals surface area contributed by atoms with Crippen LogP contribution in [0.4, 0.5) is 13.6 Å². The van der Waals surface area contributed by atoms with E-state index in [9.17, 15) is 13.6 Å². The molecule has 2 heterocycles. The van der Waals surface area contributed by atoms with Gasteiger partial charge in [0.2, 0.25) is 0 Å². The van der Waals surface area contributed by atoms with Gasteiger partial charge < -0.3 is 14.4 Å². The Hall–Kier alpha value is -2.86. The summed E-state index contributed by atoms with van der Waals surface area (Å²) in [5, 5.41) is 0. The summed E-state index contributed by atoms with van der Waals surface area (Å²) in [6.07, 6.45) is 3.44. The lowest BCUT2D eigenvalue weighted by atomic mass is 10.2. The van der Waals surface area contributed by atoms with Crippen LogP contribution in [0, 0.1) is 25.2 Å². The minimum Gasteiger partial charge on any atom is -0.395 e. The fourth-order valence-corrected chi connectivity index (χ4v) is 3.55. The topological polar surface area (TPSA) is 56.1 Å². The van der Waals surface area contributed by atoms with E-state index in [0.717, 1.165) is 4.88 Å². The number of ether oxygens (including phenoxy) is 2. The molecule has 2 aromatic rings. The summed E-state index contributed by atoms with van der Waals surface area (Å²) in [5.74, 6) is 2.58. The maximum absolute atomic E-state index is 13.3. The summed E-state index contributed by atoms with van der Waals surface area (Å²) in [7, 11) is 0. The molecular weight excluding hydrogens is 388 g/mol. The summed E-state index contributed by atoms with van der Waals surface area (Å²) in [6.45, 7) is 6.46. The van der Waals surface area contributed by atoms with Crippen LogP contribution in [0.15, 0.2) is 29.4 Å². The summed E-state index contributed by atoms with van der Waals surface area (Å²) in [4.78, 5) is 19.6. The fourth-order valence-electron chi connectivity index (χ4n) is 2.72. The predicted octanol–water partition coefficient (Wildman–Crippen LogP) is 3.78. The van der Waals surface area contributed by atoms with Crippen LogP contribution in [0.3, 0.4) is 0 Å². The van der Waals surface area contributed by atoms with Crippen LogP contribution < -0.4 is 14.3 Å². The van der Waals surface area contributed by atoms with E-state index in [2.05, 4.69) is 20.4 Å². The first-order chi connectivity index (χ1) is 13.2. The SMILES string of the molecule is C#CCN(CC(C)C)C(=O)N=c1sc(C)cn1-c1ccc2c(c1)OC(F)(F)O2. The summed E-state index contributed by atoms with van der Waals surface area (Å²) in [5.41, 5.74) is 0.517. The molecule has 0 aliphatic carbocycles. The van der Waals surface area contributed by atoms with Crippen LogP contribution in [0.25, 0.3) is 5.69 Å².